The van der Waals surface area contributed by atoms with Crippen LogP contribution in [0.2, 0.25) is 0 Å². The predicted molar refractivity (Wildman–Crippen MR) is 74.2 cm³/mol. The molecule has 0 bridgehead atoms. The summed E-state index contributed by atoms with van der Waals surface area (Å²) in [6.45, 7) is 4.71. The number of halogens is 1. The van der Waals surface area contributed by atoms with E-state index in [0.717, 1.165) is 11.3 Å². The van der Waals surface area contributed by atoms with Gasteiger partial charge in [0.15, 0.2) is 5.82 Å². The minimum atomic E-state index is -0.434. The maximum absolute atomic E-state index is 12.9. The smallest absolute Gasteiger partial charge is 0.225 e. The highest BCUT2D eigenvalue weighted by Gasteiger charge is 2.14. The van der Waals surface area contributed by atoms with Crippen LogP contribution in [0.1, 0.15) is 19.4 Å². The second-order valence-electron chi connectivity index (χ2n) is 4.67. The molecule has 0 spiro atoms. The van der Waals surface area contributed by atoms with Crippen molar-refractivity contribution in [1.29, 1.82) is 0 Å². The third-order valence-corrected chi connectivity index (χ3v) is 2.79. The van der Waals surface area contributed by atoms with Gasteiger partial charge >= 0.3 is 0 Å². The minimum Gasteiger partial charge on any atom is -0.399 e. The van der Waals surface area contributed by atoms with Gasteiger partial charge in [-0.1, -0.05) is 12.1 Å². The average molecular weight is 260 g/mol. The monoisotopic (exact) mass is 260 g/mol. The van der Waals surface area contributed by atoms with Gasteiger partial charge in [-0.05, 0) is 31.5 Å². The first-order valence-electron chi connectivity index (χ1n) is 6.15. The number of nitrogen functional groups attached to an aromatic ring is 1. The van der Waals surface area contributed by atoms with Crippen LogP contribution >= 0.6 is 0 Å². The van der Waals surface area contributed by atoms with Gasteiger partial charge in [-0.3, -0.25) is 0 Å². The van der Waals surface area contributed by atoms with E-state index in [1.807, 2.05) is 43.0 Å². The summed E-state index contributed by atoms with van der Waals surface area (Å²) >= 11 is 0. The quantitative estimate of drug-likeness (QED) is 0.858. The Kier molecular flexibility index (Phi) is 3.94. The molecule has 100 valence electrons. The second kappa shape index (κ2) is 5.65. The first-order chi connectivity index (χ1) is 9.06. The Morgan fingerprint density at radius 1 is 1.26 bits per heavy atom. The minimum absolute atomic E-state index is 0.201. The van der Waals surface area contributed by atoms with Crippen LogP contribution in [-0.4, -0.2) is 16.0 Å². The van der Waals surface area contributed by atoms with Crippen LogP contribution in [0.4, 0.5) is 16.0 Å². The van der Waals surface area contributed by atoms with Gasteiger partial charge in [0.05, 0.1) is 12.4 Å². The molecular weight excluding hydrogens is 243 g/mol. The molecule has 2 aromatic rings. The lowest BCUT2D eigenvalue weighted by molar-refractivity contribution is 0.603. The maximum atomic E-state index is 12.9. The number of hydrogen-bond donors (Lipinski definition) is 1. The van der Waals surface area contributed by atoms with Gasteiger partial charge < -0.3 is 10.6 Å². The summed E-state index contributed by atoms with van der Waals surface area (Å²) in [5, 5.41) is 0. The summed E-state index contributed by atoms with van der Waals surface area (Å²) in [4.78, 5) is 10.0. The van der Waals surface area contributed by atoms with Crippen molar-refractivity contribution in [3.63, 3.8) is 0 Å². The van der Waals surface area contributed by atoms with Crippen LogP contribution in [0, 0.1) is 5.82 Å². The summed E-state index contributed by atoms with van der Waals surface area (Å²) in [6, 6.07) is 7.87. The van der Waals surface area contributed by atoms with Crippen LogP contribution in [0.5, 0.6) is 0 Å². The van der Waals surface area contributed by atoms with Gasteiger partial charge in [0, 0.05) is 18.3 Å². The number of nitrogens with zero attached hydrogens (tertiary/aromatic N) is 3. The molecule has 2 N–H and O–H groups in total. The molecule has 0 saturated carbocycles. The largest absolute Gasteiger partial charge is 0.399 e. The van der Waals surface area contributed by atoms with E-state index in [2.05, 4.69) is 9.97 Å². The molecule has 2 rings (SSSR count). The van der Waals surface area contributed by atoms with E-state index in [1.54, 1.807) is 0 Å². The molecule has 0 radical (unpaired) electrons. The predicted octanol–water partition coefficient (Wildman–Crippen LogP) is 2.61. The molecule has 0 fully saturated rings. The normalized spacial score (nSPS) is 10.7. The highest BCUT2D eigenvalue weighted by Crippen LogP contribution is 2.16. The van der Waals surface area contributed by atoms with E-state index in [0.29, 0.717) is 12.5 Å². The van der Waals surface area contributed by atoms with Gasteiger partial charge in [-0.2, -0.15) is 0 Å². The van der Waals surface area contributed by atoms with E-state index >= 15 is 0 Å². The van der Waals surface area contributed by atoms with Crippen molar-refractivity contribution >= 4 is 11.6 Å². The van der Waals surface area contributed by atoms with Gasteiger partial charge in [-0.15, -0.1) is 0 Å². The second-order valence-corrected chi connectivity index (χ2v) is 4.67. The summed E-state index contributed by atoms with van der Waals surface area (Å²) in [6.07, 6.45) is 2.36. The van der Waals surface area contributed by atoms with Gasteiger partial charge in [0.1, 0.15) is 0 Å². The van der Waals surface area contributed by atoms with Gasteiger partial charge in [0.2, 0.25) is 5.95 Å². The third-order valence-electron chi connectivity index (χ3n) is 2.79. The molecule has 19 heavy (non-hydrogen) atoms. The van der Waals surface area contributed by atoms with Crippen molar-refractivity contribution in [3.8, 4) is 0 Å². The number of rotatable bonds is 4. The molecule has 0 atom stereocenters. The number of anilines is 2. The standard InChI is InChI=1S/C14H17FN4/c1-10(2)19(14-17-7-12(15)8-18-14)9-11-4-3-5-13(16)6-11/h3-8,10H,9,16H2,1-2H3. The average Bonchev–Trinajstić information content (AvgIpc) is 2.37. The fraction of sp³-hybridized carbons (Fsp3) is 0.286. The van der Waals surface area contributed by atoms with E-state index < -0.39 is 5.82 Å². The van der Waals surface area contributed by atoms with Crippen LogP contribution in [0.25, 0.3) is 0 Å². The van der Waals surface area contributed by atoms with Crippen LogP contribution < -0.4 is 10.6 Å². The first kappa shape index (κ1) is 13.3. The Labute approximate surface area is 112 Å². The highest BCUT2D eigenvalue weighted by molar-refractivity contribution is 5.42. The molecular formula is C14H17FN4. The number of aromatic nitrogens is 2. The van der Waals surface area contributed by atoms with Crippen molar-refractivity contribution in [2.45, 2.75) is 26.4 Å². The number of benzene rings is 1. The first-order valence-corrected chi connectivity index (χ1v) is 6.15. The fourth-order valence-electron chi connectivity index (χ4n) is 1.83. The third kappa shape index (κ3) is 3.40. The zero-order valence-electron chi connectivity index (χ0n) is 11.0. The van der Waals surface area contributed by atoms with Crippen LogP contribution in [0.3, 0.4) is 0 Å². The summed E-state index contributed by atoms with van der Waals surface area (Å²) < 4.78 is 12.9. The van der Waals surface area contributed by atoms with Gasteiger partial charge in [0.25, 0.3) is 0 Å². The molecule has 0 aliphatic rings. The SMILES string of the molecule is CC(C)N(Cc1cccc(N)c1)c1ncc(F)cn1. The van der Waals surface area contributed by atoms with E-state index in [-0.39, 0.29) is 6.04 Å². The van der Waals surface area contributed by atoms with E-state index in [4.69, 9.17) is 5.73 Å². The molecule has 0 aliphatic carbocycles. The Morgan fingerprint density at radius 3 is 2.53 bits per heavy atom. The highest BCUT2D eigenvalue weighted by atomic mass is 19.1. The Balaban J connectivity index is 2.23. The number of nitrogens with two attached hydrogens (primary N) is 1. The lowest BCUT2D eigenvalue weighted by atomic mass is 10.2. The topological polar surface area (TPSA) is 55.0 Å². The summed E-state index contributed by atoms with van der Waals surface area (Å²) in [7, 11) is 0. The van der Waals surface area contributed by atoms with Crippen molar-refractivity contribution in [1.82, 2.24) is 9.97 Å². The van der Waals surface area contributed by atoms with E-state index in [1.165, 1.54) is 12.4 Å². The zero-order chi connectivity index (χ0) is 13.8. The van der Waals surface area contributed by atoms with Crippen molar-refractivity contribution in [3.05, 3.63) is 48.0 Å². The van der Waals surface area contributed by atoms with Crippen LogP contribution in [0.15, 0.2) is 36.7 Å². The molecule has 1 aromatic carbocycles. The van der Waals surface area contributed by atoms with Crippen molar-refractivity contribution in [2.75, 3.05) is 10.6 Å². The summed E-state index contributed by atoms with van der Waals surface area (Å²) in [5.74, 6) is 0.0789. The molecule has 1 heterocycles. The molecule has 0 saturated heterocycles. The Morgan fingerprint density at radius 2 is 1.95 bits per heavy atom. The van der Waals surface area contributed by atoms with E-state index in [9.17, 15) is 4.39 Å². The maximum Gasteiger partial charge on any atom is 0.225 e. The molecule has 0 unspecified atom stereocenters. The molecule has 0 amide bonds. The lowest BCUT2D eigenvalue weighted by Crippen LogP contribution is -2.31. The Bertz CT molecular complexity index is 539. The van der Waals surface area contributed by atoms with Crippen molar-refractivity contribution in [2.24, 2.45) is 0 Å². The van der Waals surface area contributed by atoms with Crippen LogP contribution in [-0.2, 0) is 6.54 Å². The molecule has 0 aliphatic heterocycles. The molecule has 4 nitrogen and oxygen atoms in total. The molecule has 1 aromatic heterocycles. The Hall–Kier alpha value is -2.17. The summed E-state index contributed by atoms with van der Waals surface area (Å²) in [5.41, 5.74) is 7.56. The number of hydrogen-bond acceptors (Lipinski definition) is 4. The fourth-order valence-corrected chi connectivity index (χ4v) is 1.83. The van der Waals surface area contributed by atoms with Crippen molar-refractivity contribution < 1.29 is 4.39 Å². The van der Waals surface area contributed by atoms with Gasteiger partial charge in [-0.25, -0.2) is 14.4 Å². The zero-order valence-corrected chi connectivity index (χ0v) is 11.0. The molecule has 5 heteroatoms. The lowest BCUT2D eigenvalue weighted by Gasteiger charge is -2.26.